The van der Waals surface area contributed by atoms with Crippen LogP contribution in [0.4, 0.5) is 5.00 Å². The molecule has 1 aliphatic rings. The lowest BCUT2D eigenvalue weighted by Crippen LogP contribution is -2.13. The molecule has 0 bridgehead atoms. The number of hydrogen-bond donors (Lipinski definition) is 1. The Bertz CT molecular complexity index is 1390. The van der Waals surface area contributed by atoms with Gasteiger partial charge in [-0.05, 0) is 55.0 Å². The molecule has 0 unspecified atom stereocenters. The summed E-state index contributed by atoms with van der Waals surface area (Å²) in [7, 11) is 0. The first kappa shape index (κ1) is 20.9. The SMILES string of the molecule is C[C@@H]1CCc2c(sc(NC(=O)c3cc(-c4ccccc4)nc4ccc(Br)cc34)c2C#N)C1. The van der Waals surface area contributed by atoms with Gasteiger partial charge in [0.15, 0.2) is 0 Å². The Balaban J connectivity index is 1.59. The summed E-state index contributed by atoms with van der Waals surface area (Å²) >= 11 is 5.06. The quantitative estimate of drug-likeness (QED) is 0.329. The Morgan fingerprint density at radius 3 is 2.81 bits per heavy atom. The number of aromatic nitrogens is 1. The second-order valence-corrected chi connectivity index (χ2v) is 10.2. The molecule has 4 nitrogen and oxygen atoms in total. The molecule has 6 heteroatoms. The molecule has 0 saturated carbocycles. The summed E-state index contributed by atoms with van der Waals surface area (Å²) in [6, 6.07) is 19.8. The monoisotopic (exact) mass is 501 g/mol. The maximum atomic E-state index is 13.5. The Kier molecular flexibility index (Phi) is 5.54. The number of nitrogens with one attached hydrogen (secondary N) is 1. The minimum Gasteiger partial charge on any atom is -0.312 e. The fraction of sp³-hybridized carbons (Fsp3) is 0.192. The highest BCUT2D eigenvalue weighted by atomic mass is 79.9. The van der Waals surface area contributed by atoms with Crippen molar-refractivity contribution >= 4 is 49.1 Å². The molecule has 2 aromatic carbocycles. The average molecular weight is 502 g/mol. The molecule has 1 amide bonds. The molecule has 158 valence electrons. The van der Waals surface area contributed by atoms with Gasteiger partial charge in [0.1, 0.15) is 11.1 Å². The molecule has 4 aromatic rings. The van der Waals surface area contributed by atoms with Gasteiger partial charge in [0.05, 0.1) is 22.3 Å². The van der Waals surface area contributed by atoms with Gasteiger partial charge in [-0.2, -0.15) is 5.26 Å². The topological polar surface area (TPSA) is 65.8 Å². The van der Waals surface area contributed by atoms with Gasteiger partial charge in [-0.15, -0.1) is 11.3 Å². The third kappa shape index (κ3) is 3.83. The van der Waals surface area contributed by atoms with Crippen molar-refractivity contribution in [3.63, 3.8) is 0 Å². The summed E-state index contributed by atoms with van der Waals surface area (Å²) in [6.45, 7) is 2.24. The molecule has 1 N–H and O–H groups in total. The summed E-state index contributed by atoms with van der Waals surface area (Å²) < 4.78 is 0.881. The van der Waals surface area contributed by atoms with Gasteiger partial charge in [-0.3, -0.25) is 4.79 Å². The van der Waals surface area contributed by atoms with Crippen molar-refractivity contribution in [2.75, 3.05) is 5.32 Å². The highest BCUT2D eigenvalue weighted by Crippen LogP contribution is 2.39. The van der Waals surface area contributed by atoms with E-state index >= 15 is 0 Å². The van der Waals surface area contributed by atoms with Crippen molar-refractivity contribution in [1.82, 2.24) is 4.98 Å². The number of pyridine rings is 1. The van der Waals surface area contributed by atoms with Crippen molar-refractivity contribution in [2.24, 2.45) is 5.92 Å². The van der Waals surface area contributed by atoms with E-state index in [1.807, 2.05) is 54.6 Å². The summed E-state index contributed by atoms with van der Waals surface area (Å²) in [4.78, 5) is 19.5. The first-order valence-electron chi connectivity index (χ1n) is 10.5. The number of nitriles is 1. The second-order valence-electron chi connectivity index (χ2n) is 8.20. The lowest BCUT2D eigenvalue weighted by molar-refractivity contribution is 0.102. The van der Waals surface area contributed by atoms with E-state index in [0.717, 1.165) is 51.5 Å². The third-order valence-corrected chi connectivity index (χ3v) is 7.60. The van der Waals surface area contributed by atoms with E-state index < -0.39 is 0 Å². The Hall–Kier alpha value is -3.01. The number of halogens is 1. The summed E-state index contributed by atoms with van der Waals surface area (Å²) in [5.74, 6) is 0.377. The van der Waals surface area contributed by atoms with Gasteiger partial charge in [0, 0.05) is 20.3 Å². The van der Waals surface area contributed by atoms with Gasteiger partial charge in [0.25, 0.3) is 5.91 Å². The van der Waals surface area contributed by atoms with Gasteiger partial charge in [-0.25, -0.2) is 4.98 Å². The number of amides is 1. The van der Waals surface area contributed by atoms with Crippen LogP contribution in [0.1, 0.15) is 39.7 Å². The fourth-order valence-corrected chi connectivity index (χ4v) is 5.99. The van der Waals surface area contributed by atoms with E-state index in [4.69, 9.17) is 4.98 Å². The number of nitrogens with zero attached hydrogens (tertiary/aromatic N) is 2. The van der Waals surface area contributed by atoms with Crippen LogP contribution in [0, 0.1) is 17.2 Å². The number of anilines is 1. The van der Waals surface area contributed by atoms with Crippen LogP contribution in [0.15, 0.2) is 59.1 Å². The van der Waals surface area contributed by atoms with E-state index in [1.165, 1.54) is 4.88 Å². The third-order valence-electron chi connectivity index (χ3n) is 5.94. The van der Waals surface area contributed by atoms with E-state index in [9.17, 15) is 10.1 Å². The Morgan fingerprint density at radius 1 is 1.22 bits per heavy atom. The molecule has 5 rings (SSSR count). The van der Waals surface area contributed by atoms with Gasteiger partial charge in [-0.1, -0.05) is 53.2 Å². The fourth-order valence-electron chi connectivity index (χ4n) is 4.27. The lowest BCUT2D eigenvalue weighted by atomic mass is 9.88. The maximum absolute atomic E-state index is 13.5. The average Bonchev–Trinajstić information content (AvgIpc) is 3.14. The second kappa shape index (κ2) is 8.50. The maximum Gasteiger partial charge on any atom is 0.257 e. The van der Waals surface area contributed by atoms with E-state index in [2.05, 4.69) is 34.2 Å². The molecule has 0 fully saturated rings. The van der Waals surface area contributed by atoms with Gasteiger partial charge in [0.2, 0.25) is 0 Å². The van der Waals surface area contributed by atoms with Gasteiger partial charge < -0.3 is 5.32 Å². The van der Waals surface area contributed by atoms with E-state index in [1.54, 1.807) is 11.3 Å². The number of benzene rings is 2. The largest absolute Gasteiger partial charge is 0.312 e. The van der Waals surface area contributed by atoms with Crippen LogP contribution in [0.2, 0.25) is 0 Å². The van der Waals surface area contributed by atoms with E-state index in [-0.39, 0.29) is 5.91 Å². The number of carbonyl (C=O) groups excluding carboxylic acids is 1. The first-order valence-corrected chi connectivity index (χ1v) is 12.2. The lowest BCUT2D eigenvalue weighted by Gasteiger charge is -2.17. The Morgan fingerprint density at radius 2 is 2.03 bits per heavy atom. The zero-order chi connectivity index (χ0) is 22.2. The van der Waals surface area contributed by atoms with Crippen molar-refractivity contribution in [3.8, 4) is 17.3 Å². The number of thiophene rings is 1. The summed E-state index contributed by atoms with van der Waals surface area (Å²) in [5.41, 5.74) is 4.71. The molecule has 2 heterocycles. The van der Waals surface area contributed by atoms with Crippen LogP contribution in [0.5, 0.6) is 0 Å². The number of hydrogen-bond acceptors (Lipinski definition) is 4. The van der Waals surface area contributed by atoms with Crippen LogP contribution in [0.25, 0.3) is 22.2 Å². The first-order chi connectivity index (χ1) is 15.5. The normalized spacial score (nSPS) is 15.2. The predicted molar refractivity (Wildman–Crippen MR) is 133 cm³/mol. The van der Waals surface area contributed by atoms with Crippen LogP contribution in [-0.4, -0.2) is 10.9 Å². The number of fused-ring (bicyclic) bond motifs is 2. The van der Waals surface area contributed by atoms with Crippen molar-refractivity contribution in [2.45, 2.75) is 26.2 Å². The Labute approximate surface area is 199 Å². The number of carbonyl (C=O) groups is 1. The molecule has 0 radical (unpaired) electrons. The summed E-state index contributed by atoms with van der Waals surface area (Å²) in [5, 5.41) is 14.3. The molecular formula is C26H20BrN3OS. The smallest absolute Gasteiger partial charge is 0.257 e. The minimum absolute atomic E-state index is 0.226. The highest BCUT2D eigenvalue weighted by molar-refractivity contribution is 9.10. The zero-order valence-electron chi connectivity index (χ0n) is 17.5. The molecule has 0 spiro atoms. The predicted octanol–water partition coefficient (Wildman–Crippen LogP) is 6.97. The van der Waals surface area contributed by atoms with E-state index in [0.29, 0.717) is 22.0 Å². The molecule has 0 saturated heterocycles. The molecule has 32 heavy (non-hydrogen) atoms. The molecule has 2 aromatic heterocycles. The molecular weight excluding hydrogens is 482 g/mol. The number of rotatable bonds is 3. The molecule has 0 aliphatic heterocycles. The zero-order valence-corrected chi connectivity index (χ0v) is 19.9. The van der Waals surface area contributed by atoms with Crippen molar-refractivity contribution in [3.05, 3.63) is 80.6 Å². The summed E-state index contributed by atoms with van der Waals surface area (Å²) in [6.07, 6.45) is 2.94. The van der Waals surface area contributed by atoms with Crippen LogP contribution < -0.4 is 5.32 Å². The standard InChI is InChI=1S/C26H20BrN3OS/c1-15-7-9-18-21(14-28)26(32-24(18)11-15)30-25(31)20-13-23(16-5-3-2-4-6-16)29-22-10-8-17(27)12-19(20)22/h2-6,8,10,12-13,15H,7,9,11H2,1H3,(H,30,31)/t15-/m1/s1. The highest BCUT2D eigenvalue weighted by Gasteiger charge is 2.25. The van der Waals surface area contributed by atoms with Crippen molar-refractivity contribution in [1.29, 1.82) is 5.26 Å². The molecule has 1 aliphatic carbocycles. The molecule has 1 atom stereocenters. The van der Waals surface area contributed by atoms with Crippen LogP contribution in [0.3, 0.4) is 0 Å². The van der Waals surface area contributed by atoms with Gasteiger partial charge >= 0.3 is 0 Å². The van der Waals surface area contributed by atoms with Crippen molar-refractivity contribution < 1.29 is 4.79 Å². The minimum atomic E-state index is -0.226. The van der Waals surface area contributed by atoms with Crippen LogP contribution in [-0.2, 0) is 12.8 Å². The van der Waals surface area contributed by atoms with Crippen LogP contribution >= 0.6 is 27.3 Å².